The van der Waals surface area contributed by atoms with Crippen molar-refractivity contribution < 1.29 is 28.9 Å². The summed E-state index contributed by atoms with van der Waals surface area (Å²) in [5.41, 5.74) is 3.96. The van der Waals surface area contributed by atoms with Crippen LogP contribution in [0.5, 0.6) is 11.5 Å². The van der Waals surface area contributed by atoms with Crippen molar-refractivity contribution in [2.24, 2.45) is 5.92 Å². The third-order valence-corrected chi connectivity index (χ3v) is 6.64. The first-order valence-electron chi connectivity index (χ1n) is 11.0. The molecular formula is C25H26O6. The molecule has 2 aromatic rings. The zero-order valence-corrected chi connectivity index (χ0v) is 17.3. The van der Waals surface area contributed by atoms with Gasteiger partial charge in [0.2, 0.25) is 0 Å². The first-order chi connectivity index (χ1) is 15.1. The van der Waals surface area contributed by atoms with E-state index in [0.717, 1.165) is 47.9 Å². The molecule has 3 aliphatic rings. The molecule has 5 rings (SSSR count). The SMILES string of the molecule is O=C(O)C[C@@H]1COc2cc(O[C@@H]3CCc4c(C(=O)C5CCOCC5)cccc43)ccc21. The fraction of sp³-hybridized carbons (Fsp3) is 0.440. The number of carboxylic acids is 1. The van der Waals surface area contributed by atoms with Crippen LogP contribution in [0, 0.1) is 5.92 Å². The lowest BCUT2D eigenvalue weighted by atomic mass is 9.88. The molecule has 2 aliphatic heterocycles. The van der Waals surface area contributed by atoms with Crippen LogP contribution in [-0.4, -0.2) is 36.7 Å². The molecule has 0 bridgehead atoms. The van der Waals surface area contributed by atoms with Gasteiger partial charge < -0.3 is 19.3 Å². The number of carboxylic acid groups (broad SMARTS) is 1. The van der Waals surface area contributed by atoms with Crippen molar-refractivity contribution in [1.82, 2.24) is 0 Å². The predicted molar refractivity (Wildman–Crippen MR) is 113 cm³/mol. The van der Waals surface area contributed by atoms with Crippen LogP contribution in [0.1, 0.15) is 64.8 Å². The Bertz CT molecular complexity index is 1010. The maximum absolute atomic E-state index is 13.1. The molecule has 1 fully saturated rings. The standard InChI is InChI=1S/C25H26O6/c26-24(27)12-16-14-30-23-13-17(4-5-18(16)23)31-22-7-6-19-20(22)2-1-3-21(19)25(28)15-8-10-29-11-9-15/h1-5,13,15-16,22H,6-12,14H2,(H,26,27)/t16-,22-/m1/s1. The van der Waals surface area contributed by atoms with Crippen LogP contribution >= 0.6 is 0 Å². The number of rotatable bonds is 6. The molecule has 2 atom stereocenters. The summed E-state index contributed by atoms with van der Waals surface area (Å²) in [6.07, 6.45) is 3.19. The Hall–Kier alpha value is -2.86. The Morgan fingerprint density at radius 3 is 2.71 bits per heavy atom. The van der Waals surface area contributed by atoms with Gasteiger partial charge in [0.15, 0.2) is 5.78 Å². The molecule has 162 valence electrons. The molecule has 6 nitrogen and oxygen atoms in total. The van der Waals surface area contributed by atoms with Crippen molar-refractivity contribution in [1.29, 1.82) is 0 Å². The van der Waals surface area contributed by atoms with Crippen LogP contribution in [0.15, 0.2) is 36.4 Å². The van der Waals surface area contributed by atoms with Gasteiger partial charge in [-0.2, -0.15) is 0 Å². The van der Waals surface area contributed by atoms with E-state index in [4.69, 9.17) is 19.3 Å². The highest BCUT2D eigenvalue weighted by molar-refractivity contribution is 5.99. The number of hydrogen-bond acceptors (Lipinski definition) is 5. The van der Waals surface area contributed by atoms with E-state index in [1.807, 2.05) is 30.3 Å². The fourth-order valence-electron chi connectivity index (χ4n) is 5.02. The van der Waals surface area contributed by atoms with Gasteiger partial charge in [0.1, 0.15) is 17.6 Å². The normalized spacial score (nSPS) is 22.5. The molecule has 0 aromatic heterocycles. The molecule has 0 unspecified atom stereocenters. The lowest BCUT2D eigenvalue weighted by Gasteiger charge is -2.22. The minimum atomic E-state index is -0.824. The Balaban J connectivity index is 1.33. The zero-order valence-electron chi connectivity index (χ0n) is 17.3. The van der Waals surface area contributed by atoms with Gasteiger partial charge in [-0.3, -0.25) is 9.59 Å². The molecule has 1 aliphatic carbocycles. The van der Waals surface area contributed by atoms with Crippen molar-refractivity contribution in [3.05, 3.63) is 58.7 Å². The monoisotopic (exact) mass is 422 g/mol. The summed E-state index contributed by atoms with van der Waals surface area (Å²) in [7, 11) is 0. The van der Waals surface area contributed by atoms with Crippen LogP contribution in [0.3, 0.4) is 0 Å². The van der Waals surface area contributed by atoms with E-state index in [-0.39, 0.29) is 30.1 Å². The number of ketones is 1. The molecule has 2 heterocycles. The summed E-state index contributed by atoms with van der Waals surface area (Å²) >= 11 is 0. The Morgan fingerprint density at radius 1 is 1.06 bits per heavy atom. The van der Waals surface area contributed by atoms with Gasteiger partial charge in [-0.1, -0.05) is 24.3 Å². The second-order valence-electron chi connectivity index (χ2n) is 8.57. The zero-order chi connectivity index (χ0) is 21.4. The highest BCUT2D eigenvalue weighted by Gasteiger charge is 2.32. The second-order valence-corrected chi connectivity index (χ2v) is 8.57. The summed E-state index contributed by atoms with van der Waals surface area (Å²) in [4.78, 5) is 24.1. The third-order valence-electron chi connectivity index (χ3n) is 6.64. The molecule has 0 amide bonds. The van der Waals surface area contributed by atoms with Gasteiger partial charge in [0.25, 0.3) is 0 Å². The summed E-state index contributed by atoms with van der Waals surface area (Å²) < 4.78 is 17.4. The van der Waals surface area contributed by atoms with Gasteiger partial charge in [-0.15, -0.1) is 0 Å². The highest BCUT2D eigenvalue weighted by Crippen LogP contribution is 2.42. The van der Waals surface area contributed by atoms with Crippen molar-refractivity contribution in [2.45, 2.75) is 44.1 Å². The lowest BCUT2D eigenvalue weighted by molar-refractivity contribution is -0.137. The van der Waals surface area contributed by atoms with E-state index in [2.05, 4.69) is 6.07 Å². The minimum absolute atomic E-state index is 0.0489. The molecule has 1 saturated heterocycles. The summed E-state index contributed by atoms with van der Waals surface area (Å²) in [6.45, 7) is 1.70. The van der Waals surface area contributed by atoms with Gasteiger partial charge >= 0.3 is 5.97 Å². The number of fused-ring (bicyclic) bond motifs is 2. The number of Topliss-reactive ketones (excluding diaryl/α,β-unsaturated/α-hetero) is 1. The fourth-order valence-corrected chi connectivity index (χ4v) is 5.02. The molecule has 0 radical (unpaired) electrons. The smallest absolute Gasteiger partial charge is 0.304 e. The molecule has 0 saturated carbocycles. The number of hydrogen-bond donors (Lipinski definition) is 1. The average Bonchev–Trinajstić information content (AvgIpc) is 3.37. The van der Waals surface area contributed by atoms with E-state index in [0.29, 0.717) is 31.3 Å². The first kappa shape index (κ1) is 20.1. The molecule has 2 aromatic carbocycles. The number of carbonyl (C=O) groups excluding carboxylic acids is 1. The quantitative estimate of drug-likeness (QED) is 0.699. The molecule has 0 spiro atoms. The Morgan fingerprint density at radius 2 is 1.90 bits per heavy atom. The van der Waals surface area contributed by atoms with Crippen LogP contribution in [0.4, 0.5) is 0 Å². The van der Waals surface area contributed by atoms with Crippen molar-refractivity contribution in [2.75, 3.05) is 19.8 Å². The highest BCUT2D eigenvalue weighted by atomic mass is 16.5. The first-order valence-corrected chi connectivity index (χ1v) is 11.0. The number of benzene rings is 2. The van der Waals surface area contributed by atoms with Crippen LogP contribution in [0.2, 0.25) is 0 Å². The summed E-state index contributed by atoms with van der Waals surface area (Å²) in [5.74, 6) is 0.742. The van der Waals surface area contributed by atoms with Gasteiger partial charge in [0, 0.05) is 42.2 Å². The predicted octanol–water partition coefficient (Wildman–Crippen LogP) is 4.31. The number of carbonyl (C=O) groups is 2. The average molecular weight is 422 g/mol. The van der Waals surface area contributed by atoms with Crippen LogP contribution in [0.25, 0.3) is 0 Å². The van der Waals surface area contributed by atoms with Crippen LogP contribution < -0.4 is 9.47 Å². The Labute approximate surface area is 181 Å². The van der Waals surface area contributed by atoms with Crippen LogP contribution in [-0.2, 0) is 16.0 Å². The third kappa shape index (κ3) is 3.92. The molecule has 1 N–H and O–H groups in total. The molecular weight excluding hydrogens is 396 g/mol. The summed E-state index contributed by atoms with van der Waals surface area (Å²) in [6, 6.07) is 11.6. The van der Waals surface area contributed by atoms with E-state index in [1.54, 1.807) is 0 Å². The minimum Gasteiger partial charge on any atom is -0.492 e. The van der Waals surface area contributed by atoms with Gasteiger partial charge in [0.05, 0.1) is 13.0 Å². The van der Waals surface area contributed by atoms with Gasteiger partial charge in [-0.05, 0) is 42.9 Å². The lowest BCUT2D eigenvalue weighted by Crippen LogP contribution is -2.24. The second kappa shape index (κ2) is 8.35. The van der Waals surface area contributed by atoms with E-state index >= 15 is 0 Å². The van der Waals surface area contributed by atoms with Crippen molar-refractivity contribution >= 4 is 11.8 Å². The van der Waals surface area contributed by atoms with Crippen molar-refractivity contribution in [3.8, 4) is 11.5 Å². The topological polar surface area (TPSA) is 82.1 Å². The van der Waals surface area contributed by atoms with Gasteiger partial charge in [-0.25, -0.2) is 0 Å². The summed E-state index contributed by atoms with van der Waals surface area (Å²) in [5, 5.41) is 9.07. The number of aliphatic carboxylic acids is 1. The molecule has 31 heavy (non-hydrogen) atoms. The molecule has 6 heteroatoms. The number of ether oxygens (including phenoxy) is 3. The largest absolute Gasteiger partial charge is 0.492 e. The maximum Gasteiger partial charge on any atom is 0.304 e. The van der Waals surface area contributed by atoms with E-state index in [1.165, 1.54) is 0 Å². The van der Waals surface area contributed by atoms with Crippen molar-refractivity contribution in [3.63, 3.8) is 0 Å². The Kier molecular flexibility index (Phi) is 5.40. The maximum atomic E-state index is 13.1. The van der Waals surface area contributed by atoms with E-state index < -0.39 is 5.97 Å². The van der Waals surface area contributed by atoms with E-state index in [9.17, 15) is 9.59 Å².